The van der Waals surface area contributed by atoms with Crippen LogP contribution in [0.4, 0.5) is 5.82 Å². The van der Waals surface area contributed by atoms with Crippen LogP contribution in [-0.4, -0.2) is 64.3 Å². The van der Waals surface area contributed by atoms with Gasteiger partial charge in [0.2, 0.25) is 5.71 Å². The summed E-state index contributed by atoms with van der Waals surface area (Å²) in [6.45, 7) is 4.94. The Balaban J connectivity index is 1.42. The van der Waals surface area contributed by atoms with Gasteiger partial charge >= 0.3 is 0 Å². The number of rotatable bonds is 4. The van der Waals surface area contributed by atoms with Crippen LogP contribution in [-0.2, 0) is 17.7 Å². The number of morpholine rings is 1. The zero-order chi connectivity index (χ0) is 22.5. The minimum Gasteiger partial charge on any atom is -0.432 e. The molecule has 8 heteroatoms. The van der Waals surface area contributed by atoms with E-state index in [4.69, 9.17) is 19.1 Å². The molecule has 2 aliphatic heterocycles. The molecule has 0 amide bonds. The van der Waals surface area contributed by atoms with Crippen molar-refractivity contribution >= 4 is 45.9 Å². The smallest absolute Gasteiger partial charge is 0.229 e. The Bertz CT molecular complexity index is 1420. The molecule has 2 fully saturated rings. The Kier molecular flexibility index (Phi) is 5.03. The number of ether oxygens (including phenoxy) is 1. The number of anilines is 1. The molecule has 0 unspecified atom stereocenters. The molecule has 7 nitrogen and oxygen atoms in total. The Labute approximate surface area is 201 Å². The summed E-state index contributed by atoms with van der Waals surface area (Å²) in [4.78, 5) is 19.5. The van der Waals surface area contributed by atoms with Gasteiger partial charge in [-0.25, -0.2) is 15.0 Å². The lowest BCUT2D eigenvalue weighted by Crippen LogP contribution is -2.37. The lowest BCUT2D eigenvalue weighted by Gasteiger charge is -2.27. The number of nitrogens with zero attached hydrogens (tertiary/aromatic N) is 5. The maximum atomic E-state index is 6.29. The first-order chi connectivity index (χ1) is 16.8. The lowest BCUT2D eigenvalue weighted by molar-refractivity contribution is 0.122. The predicted octanol–water partition coefficient (Wildman–Crippen LogP) is 4.35. The molecular weight excluding hydrogens is 446 g/mol. The molecule has 4 aromatic rings. The molecule has 1 aromatic carbocycles. The van der Waals surface area contributed by atoms with E-state index in [9.17, 15) is 0 Å². The van der Waals surface area contributed by atoms with E-state index in [-0.39, 0.29) is 0 Å². The van der Waals surface area contributed by atoms with E-state index in [1.807, 2.05) is 18.0 Å². The first-order valence-electron chi connectivity index (χ1n) is 11.8. The molecule has 0 bridgehead atoms. The van der Waals surface area contributed by atoms with Crippen molar-refractivity contribution < 1.29 is 9.15 Å². The van der Waals surface area contributed by atoms with Crippen LogP contribution in [0, 0.1) is 0 Å². The summed E-state index contributed by atoms with van der Waals surface area (Å²) in [5, 5.41) is 0.959. The largest absolute Gasteiger partial charge is 0.432 e. The van der Waals surface area contributed by atoms with E-state index >= 15 is 0 Å². The molecule has 34 heavy (non-hydrogen) atoms. The van der Waals surface area contributed by atoms with E-state index < -0.39 is 0 Å². The third-order valence-corrected chi connectivity index (χ3v) is 7.83. The molecule has 1 aliphatic carbocycles. The Morgan fingerprint density at radius 1 is 1.09 bits per heavy atom. The maximum Gasteiger partial charge on any atom is 0.229 e. The van der Waals surface area contributed by atoms with Crippen molar-refractivity contribution in [3.8, 4) is 11.4 Å². The Hall–Kier alpha value is -2.94. The number of furan rings is 1. The van der Waals surface area contributed by atoms with Gasteiger partial charge in [0.1, 0.15) is 5.52 Å². The van der Waals surface area contributed by atoms with Crippen molar-refractivity contribution in [1.82, 2.24) is 19.9 Å². The van der Waals surface area contributed by atoms with Crippen LogP contribution >= 0.6 is 11.8 Å². The molecule has 0 atom stereocenters. The van der Waals surface area contributed by atoms with Crippen LogP contribution in [0.2, 0.25) is 0 Å². The second-order valence-corrected chi connectivity index (χ2v) is 10.1. The van der Waals surface area contributed by atoms with Gasteiger partial charge in [0, 0.05) is 49.6 Å². The predicted molar refractivity (Wildman–Crippen MR) is 136 cm³/mol. The van der Waals surface area contributed by atoms with Crippen LogP contribution in [0.5, 0.6) is 0 Å². The van der Waals surface area contributed by atoms with Gasteiger partial charge in [0.25, 0.3) is 0 Å². The topological polar surface area (TPSA) is 67.5 Å². The van der Waals surface area contributed by atoms with E-state index in [0.717, 1.165) is 66.6 Å². The van der Waals surface area contributed by atoms with Gasteiger partial charge in [-0.1, -0.05) is 30.4 Å². The van der Waals surface area contributed by atoms with Gasteiger partial charge < -0.3 is 14.1 Å². The van der Waals surface area contributed by atoms with Crippen molar-refractivity contribution in [2.75, 3.05) is 49.4 Å². The van der Waals surface area contributed by atoms with Gasteiger partial charge in [0.15, 0.2) is 17.2 Å². The van der Waals surface area contributed by atoms with Crippen LogP contribution in [0.3, 0.4) is 0 Å². The van der Waals surface area contributed by atoms with E-state index in [1.165, 1.54) is 22.4 Å². The van der Waals surface area contributed by atoms with Gasteiger partial charge in [-0.05, 0) is 29.2 Å². The van der Waals surface area contributed by atoms with E-state index in [2.05, 4.69) is 51.2 Å². The standard InChI is InChI=1S/C26H25N5O2S/c1-3-18-4-2-6-20(19(18)5-1)24-28-22-21-13-17(15-30-9-12-34-16-30)14-27-26(21)33-23(22)25(29-24)31-7-10-32-11-8-31/h1-2,4-6,13-14H,3,7-12,15-16H2. The molecule has 7 rings (SSSR count). The zero-order valence-corrected chi connectivity index (χ0v) is 19.7. The summed E-state index contributed by atoms with van der Waals surface area (Å²) in [6.07, 6.45) is 7.28. The van der Waals surface area contributed by atoms with Crippen molar-refractivity contribution in [3.05, 3.63) is 53.2 Å². The van der Waals surface area contributed by atoms with E-state index in [0.29, 0.717) is 24.5 Å². The summed E-state index contributed by atoms with van der Waals surface area (Å²) in [6, 6.07) is 8.60. The highest BCUT2D eigenvalue weighted by Crippen LogP contribution is 2.37. The fourth-order valence-electron chi connectivity index (χ4n) is 5.08. The minimum absolute atomic E-state index is 0.619. The molecule has 2 saturated heterocycles. The zero-order valence-electron chi connectivity index (χ0n) is 18.9. The van der Waals surface area contributed by atoms with Crippen LogP contribution in [0.1, 0.15) is 16.7 Å². The number of fused-ring (bicyclic) bond motifs is 4. The highest BCUT2D eigenvalue weighted by Gasteiger charge is 2.24. The minimum atomic E-state index is 0.619. The summed E-state index contributed by atoms with van der Waals surface area (Å²) in [5.74, 6) is 3.84. The van der Waals surface area contributed by atoms with Crippen molar-refractivity contribution in [1.29, 1.82) is 0 Å². The second kappa shape index (κ2) is 8.37. The fourth-order valence-corrected chi connectivity index (χ4v) is 6.07. The van der Waals surface area contributed by atoms with Gasteiger partial charge in [0.05, 0.1) is 18.6 Å². The van der Waals surface area contributed by atoms with E-state index in [1.54, 1.807) is 0 Å². The van der Waals surface area contributed by atoms with Crippen LogP contribution in [0.15, 0.2) is 41.0 Å². The Morgan fingerprint density at radius 3 is 2.91 bits per heavy atom. The summed E-state index contributed by atoms with van der Waals surface area (Å²) < 4.78 is 11.9. The van der Waals surface area contributed by atoms with Gasteiger partial charge in [-0.15, -0.1) is 11.8 Å². The number of benzene rings is 1. The number of pyridine rings is 1. The van der Waals surface area contributed by atoms with Crippen LogP contribution in [0.25, 0.3) is 39.7 Å². The number of allylic oxidation sites excluding steroid dienone is 1. The normalized spacial score (nSPS) is 18.4. The molecule has 172 valence electrons. The van der Waals surface area contributed by atoms with Crippen molar-refractivity contribution in [3.63, 3.8) is 0 Å². The molecule has 0 saturated carbocycles. The van der Waals surface area contributed by atoms with Gasteiger partial charge in [-0.2, -0.15) is 0 Å². The molecule has 0 spiro atoms. The highest BCUT2D eigenvalue weighted by atomic mass is 32.2. The fraction of sp³-hybridized carbons (Fsp3) is 0.346. The first kappa shape index (κ1) is 20.4. The third kappa shape index (κ3) is 3.48. The molecule has 3 aliphatic rings. The number of thioether (sulfide) groups is 1. The van der Waals surface area contributed by atoms with Crippen molar-refractivity contribution in [2.45, 2.75) is 13.0 Å². The SMILES string of the molecule is C1=Cc2c(cccc2-c2nc(N3CCOCC3)c3oc4ncc(CN5CCSC5)cc4c3n2)C1. The molecular formula is C26H25N5O2S. The Morgan fingerprint density at radius 2 is 2.03 bits per heavy atom. The lowest BCUT2D eigenvalue weighted by atomic mass is 10.0. The maximum absolute atomic E-state index is 6.29. The van der Waals surface area contributed by atoms with Crippen molar-refractivity contribution in [2.24, 2.45) is 0 Å². The van der Waals surface area contributed by atoms with Crippen LogP contribution < -0.4 is 4.90 Å². The first-order valence-corrected chi connectivity index (χ1v) is 13.0. The molecule has 0 N–H and O–H groups in total. The van der Waals surface area contributed by atoms with Gasteiger partial charge in [-0.3, -0.25) is 4.90 Å². The third-order valence-electron chi connectivity index (χ3n) is 6.81. The number of hydrogen-bond donors (Lipinski definition) is 0. The molecule has 5 heterocycles. The second-order valence-electron chi connectivity index (χ2n) is 9.02. The summed E-state index contributed by atoms with van der Waals surface area (Å²) >= 11 is 1.98. The number of hydrogen-bond acceptors (Lipinski definition) is 8. The summed E-state index contributed by atoms with van der Waals surface area (Å²) in [5.41, 5.74) is 6.96. The molecule has 0 radical (unpaired) electrons. The number of aromatic nitrogens is 3. The molecule has 3 aromatic heterocycles. The highest BCUT2D eigenvalue weighted by molar-refractivity contribution is 7.99. The average Bonchev–Trinajstić information content (AvgIpc) is 3.64. The monoisotopic (exact) mass is 471 g/mol. The quantitative estimate of drug-likeness (QED) is 0.435. The average molecular weight is 472 g/mol. The summed E-state index contributed by atoms with van der Waals surface area (Å²) in [7, 11) is 0.